The van der Waals surface area contributed by atoms with Gasteiger partial charge in [-0.2, -0.15) is 0 Å². The fourth-order valence-electron chi connectivity index (χ4n) is 2.05. The van der Waals surface area contributed by atoms with Gasteiger partial charge in [0.1, 0.15) is 6.04 Å². The lowest BCUT2D eigenvalue weighted by atomic mass is 10.1. The maximum absolute atomic E-state index is 11.1. The summed E-state index contributed by atoms with van der Waals surface area (Å²) in [5.74, 6) is -0.777. The topological polar surface area (TPSA) is 42.2 Å². The average Bonchev–Trinajstić information content (AvgIpc) is 2.62. The lowest BCUT2D eigenvalue weighted by Gasteiger charge is -2.13. The van der Waals surface area contributed by atoms with Gasteiger partial charge >= 0.3 is 5.97 Å². The van der Waals surface area contributed by atoms with Crippen LogP contribution in [0.1, 0.15) is 24.9 Å². The van der Waals surface area contributed by atoms with Crippen LogP contribution in [-0.2, 0) is 4.79 Å². The van der Waals surface area contributed by atoms with Gasteiger partial charge in [-0.05, 0) is 36.9 Å². The molecule has 1 heterocycles. The van der Waals surface area contributed by atoms with Crippen molar-refractivity contribution in [1.82, 2.24) is 4.57 Å². The summed E-state index contributed by atoms with van der Waals surface area (Å²) in [5.41, 5.74) is 2.17. The number of hydrogen-bond donors (Lipinski definition) is 1. The van der Waals surface area contributed by atoms with E-state index in [2.05, 4.69) is 6.07 Å². The zero-order valence-corrected chi connectivity index (χ0v) is 9.47. The Kier molecular flexibility index (Phi) is 2.69. The molecule has 2 rings (SSSR count). The third-order valence-corrected chi connectivity index (χ3v) is 2.88. The van der Waals surface area contributed by atoms with Gasteiger partial charge in [-0.1, -0.05) is 18.6 Å². The molecule has 3 nitrogen and oxygen atoms in total. The third-order valence-electron chi connectivity index (χ3n) is 2.88. The number of hydrogen-bond acceptors (Lipinski definition) is 1. The zero-order valence-electron chi connectivity index (χ0n) is 9.47. The number of carbonyl (C=O) groups is 1. The van der Waals surface area contributed by atoms with E-state index in [1.807, 2.05) is 42.8 Å². The molecule has 0 aliphatic heterocycles. The molecule has 1 unspecified atom stereocenters. The van der Waals surface area contributed by atoms with Crippen molar-refractivity contribution in [3.8, 4) is 0 Å². The number of aliphatic carboxylic acids is 1. The summed E-state index contributed by atoms with van der Waals surface area (Å²) in [7, 11) is 0. The first-order valence-electron chi connectivity index (χ1n) is 5.43. The summed E-state index contributed by atoms with van der Waals surface area (Å²) < 4.78 is 1.83. The molecular weight excluding hydrogens is 202 g/mol. The van der Waals surface area contributed by atoms with E-state index in [1.54, 1.807) is 0 Å². The van der Waals surface area contributed by atoms with E-state index in [0.29, 0.717) is 6.42 Å². The summed E-state index contributed by atoms with van der Waals surface area (Å²) in [6.07, 6.45) is 2.44. The number of carboxylic acids is 1. The molecule has 1 N–H and O–H groups in total. The monoisotopic (exact) mass is 217 g/mol. The molecule has 0 radical (unpaired) electrons. The quantitative estimate of drug-likeness (QED) is 0.858. The summed E-state index contributed by atoms with van der Waals surface area (Å²) >= 11 is 0. The number of carboxylic acid groups (broad SMARTS) is 1. The highest BCUT2D eigenvalue weighted by molar-refractivity contribution is 5.83. The van der Waals surface area contributed by atoms with Crippen LogP contribution in [0.2, 0.25) is 0 Å². The highest BCUT2D eigenvalue weighted by Gasteiger charge is 2.18. The molecule has 1 aromatic carbocycles. The van der Waals surface area contributed by atoms with Crippen LogP contribution in [0.15, 0.2) is 30.5 Å². The summed E-state index contributed by atoms with van der Waals surface area (Å²) in [4.78, 5) is 11.1. The number of aromatic nitrogens is 1. The van der Waals surface area contributed by atoms with E-state index in [4.69, 9.17) is 5.11 Å². The third kappa shape index (κ3) is 1.69. The lowest BCUT2D eigenvalue weighted by molar-refractivity contribution is -0.140. The van der Waals surface area contributed by atoms with Crippen molar-refractivity contribution in [3.05, 3.63) is 36.0 Å². The Labute approximate surface area is 94.3 Å². The van der Waals surface area contributed by atoms with Crippen LogP contribution in [0.3, 0.4) is 0 Å². The minimum Gasteiger partial charge on any atom is -0.480 e. The SMILES string of the molecule is CCC(C(=O)O)n1ccc2cc(C)ccc21. The van der Waals surface area contributed by atoms with Crippen molar-refractivity contribution < 1.29 is 9.90 Å². The molecule has 16 heavy (non-hydrogen) atoms. The minimum absolute atomic E-state index is 0.472. The number of aryl methyl sites for hydroxylation is 1. The van der Waals surface area contributed by atoms with Crippen molar-refractivity contribution in [1.29, 1.82) is 0 Å². The highest BCUT2D eigenvalue weighted by Crippen LogP contribution is 2.23. The van der Waals surface area contributed by atoms with Crippen LogP contribution < -0.4 is 0 Å². The molecule has 1 atom stereocenters. The maximum atomic E-state index is 11.1. The van der Waals surface area contributed by atoms with Crippen molar-refractivity contribution in [3.63, 3.8) is 0 Å². The minimum atomic E-state index is -0.777. The molecule has 0 fully saturated rings. The summed E-state index contributed by atoms with van der Waals surface area (Å²) in [6.45, 7) is 3.92. The Hall–Kier alpha value is -1.77. The average molecular weight is 217 g/mol. The Morgan fingerprint density at radius 2 is 2.19 bits per heavy atom. The van der Waals surface area contributed by atoms with Gasteiger partial charge in [-0.3, -0.25) is 0 Å². The zero-order chi connectivity index (χ0) is 11.7. The van der Waals surface area contributed by atoms with E-state index < -0.39 is 12.0 Å². The Bertz CT molecular complexity index is 528. The van der Waals surface area contributed by atoms with Crippen molar-refractivity contribution in [2.24, 2.45) is 0 Å². The first-order valence-corrected chi connectivity index (χ1v) is 5.43. The predicted octanol–water partition coefficient (Wildman–Crippen LogP) is 2.99. The van der Waals surface area contributed by atoms with E-state index >= 15 is 0 Å². The number of rotatable bonds is 3. The van der Waals surface area contributed by atoms with Crippen LogP contribution in [-0.4, -0.2) is 15.6 Å². The van der Waals surface area contributed by atoms with E-state index in [9.17, 15) is 4.79 Å². The number of benzene rings is 1. The Balaban J connectivity index is 2.57. The summed E-state index contributed by atoms with van der Waals surface area (Å²) in [6, 6.07) is 7.55. The second-order valence-electron chi connectivity index (χ2n) is 4.05. The molecule has 0 saturated heterocycles. The van der Waals surface area contributed by atoms with Crippen LogP contribution in [0.5, 0.6) is 0 Å². The summed E-state index contributed by atoms with van der Waals surface area (Å²) in [5, 5.41) is 10.2. The van der Waals surface area contributed by atoms with Gasteiger partial charge in [0.05, 0.1) is 0 Å². The Morgan fingerprint density at radius 3 is 2.81 bits per heavy atom. The molecule has 0 spiro atoms. The maximum Gasteiger partial charge on any atom is 0.326 e. The Morgan fingerprint density at radius 1 is 1.44 bits per heavy atom. The fourth-order valence-corrected chi connectivity index (χ4v) is 2.05. The fraction of sp³-hybridized carbons (Fsp3) is 0.308. The van der Waals surface area contributed by atoms with Gasteiger partial charge in [0.15, 0.2) is 0 Å². The van der Waals surface area contributed by atoms with Gasteiger partial charge in [-0.15, -0.1) is 0 Å². The molecule has 0 aliphatic rings. The molecule has 1 aromatic heterocycles. The van der Waals surface area contributed by atoms with Crippen molar-refractivity contribution >= 4 is 16.9 Å². The van der Waals surface area contributed by atoms with Crippen molar-refractivity contribution in [2.45, 2.75) is 26.3 Å². The first kappa shape index (κ1) is 10.7. The smallest absolute Gasteiger partial charge is 0.326 e. The molecule has 84 valence electrons. The number of fused-ring (bicyclic) bond motifs is 1. The standard InChI is InChI=1S/C13H15NO2/c1-3-11(13(15)16)14-7-6-10-8-9(2)4-5-12(10)14/h4-8,11H,3H2,1-2H3,(H,15,16). The van der Waals surface area contributed by atoms with Gasteiger partial charge in [0.2, 0.25) is 0 Å². The second-order valence-corrected chi connectivity index (χ2v) is 4.05. The van der Waals surface area contributed by atoms with Crippen molar-refractivity contribution in [2.75, 3.05) is 0 Å². The van der Waals surface area contributed by atoms with Crippen LogP contribution in [0, 0.1) is 6.92 Å². The van der Waals surface area contributed by atoms with E-state index in [-0.39, 0.29) is 0 Å². The number of nitrogens with zero attached hydrogens (tertiary/aromatic N) is 1. The molecule has 0 aliphatic carbocycles. The molecular formula is C13H15NO2. The molecule has 0 amide bonds. The van der Waals surface area contributed by atoms with Gasteiger partial charge < -0.3 is 9.67 Å². The van der Waals surface area contributed by atoms with E-state index in [1.165, 1.54) is 5.56 Å². The molecule has 0 bridgehead atoms. The second kappa shape index (κ2) is 4.00. The van der Waals surface area contributed by atoms with Crippen LogP contribution in [0.4, 0.5) is 0 Å². The predicted molar refractivity (Wildman–Crippen MR) is 63.6 cm³/mol. The van der Waals surface area contributed by atoms with E-state index in [0.717, 1.165) is 10.9 Å². The highest BCUT2D eigenvalue weighted by atomic mass is 16.4. The molecule has 3 heteroatoms. The first-order chi connectivity index (χ1) is 7.63. The lowest BCUT2D eigenvalue weighted by Crippen LogP contribution is -2.17. The largest absolute Gasteiger partial charge is 0.480 e. The van der Waals surface area contributed by atoms with Crippen LogP contribution in [0.25, 0.3) is 10.9 Å². The normalized spacial score (nSPS) is 12.9. The van der Waals surface area contributed by atoms with Gasteiger partial charge in [0.25, 0.3) is 0 Å². The molecule has 0 saturated carbocycles. The van der Waals surface area contributed by atoms with Gasteiger partial charge in [-0.25, -0.2) is 4.79 Å². The van der Waals surface area contributed by atoms with Gasteiger partial charge in [0, 0.05) is 11.7 Å². The molecule has 2 aromatic rings. The van der Waals surface area contributed by atoms with Crippen LogP contribution >= 0.6 is 0 Å².